The van der Waals surface area contributed by atoms with Crippen molar-refractivity contribution in [2.24, 2.45) is 11.1 Å². The monoisotopic (exact) mass is 403 g/mol. The Bertz CT molecular complexity index is 806. The molecule has 0 aromatic heterocycles. The highest BCUT2D eigenvalue weighted by Crippen LogP contribution is 2.29. The van der Waals surface area contributed by atoms with Gasteiger partial charge in [0.1, 0.15) is 5.75 Å². The molecular formula is C19H26BN3O6. The average Bonchev–Trinajstić information content (AvgIpc) is 2.64. The van der Waals surface area contributed by atoms with E-state index in [2.05, 4.69) is 10.6 Å². The van der Waals surface area contributed by atoms with Crippen molar-refractivity contribution in [1.29, 1.82) is 0 Å². The zero-order chi connectivity index (χ0) is 21.6. The van der Waals surface area contributed by atoms with Gasteiger partial charge in [-0.25, -0.2) is 4.79 Å². The molecule has 1 aromatic carbocycles. The first kappa shape index (κ1) is 22.3. The highest BCUT2D eigenvalue weighted by Gasteiger charge is 2.27. The van der Waals surface area contributed by atoms with E-state index in [1.807, 2.05) is 6.07 Å². The lowest BCUT2D eigenvalue weighted by molar-refractivity contribution is -0.152. The number of nitrogens with two attached hydrogens (primary N) is 1. The van der Waals surface area contributed by atoms with E-state index in [1.54, 1.807) is 32.9 Å². The number of amides is 3. The topological polar surface area (TPSA) is 137 Å². The van der Waals surface area contributed by atoms with Gasteiger partial charge in [0.25, 0.3) is 0 Å². The summed E-state index contributed by atoms with van der Waals surface area (Å²) < 4.78 is 10.9. The lowest BCUT2D eigenvalue weighted by Crippen LogP contribution is -2.49. The first-order valence-electron chi connectivity index (χ1n) is 9.35. The molecule has 1 aliphatic rings. The fraction of sp³-hybridized carbons (Fsp3) is 0.474. The summed E-state index contributed by atoms with van der Waals surface area (Å²) in [5, 5.41) is 4.97. The largest absolute Gasteiger partial charge is 0.561 e. The quantitative estimate of drug-likeness (QED) is 0.339. The predicted molar refractivity (Wildman–Crippen MR) is 107 cm³/mol. The van der Waals surface area contributed by atoms with Gasteiger partial charge in [-0.15, -0.1) is 0 Å². The van der Waals surface area contributed by atoms with Crippen LogP contribution in [0.5, 0.6) is 5.75 Å². The van der Waals surface area contributed by atoms with E-state index in [1.165, 1.54) is 0 Å². The Kier molecular flexibility index (Phi) is 7.25. The maximum Gasteiger partial charge on any atom is 0.363 e. The number of hydrogen-bond acceptors (Lipinski definition) is 6. The van der Waals surface area contributed by atoms with Gasteiger partial charge in [0.2, 0.25) is 5.91 Å². The van der Waals surface area contributed by atoms with Crippen molar-refractivity contribution in [3.05, 3.63) is 29.3 Å². The van der Waals surface area contributed by atoms with Crippen molar-refractivity contribution in [2.45, 2.75) is 39.6 Å². The second-order valence-corrected chi connectivity index (χ2v) is 7.85. The van der Waals surface area contributed by atoms with Gasteiger partial charge in [-0.3, -0.25) is 14.4 Å². The standard InChI is InChI=1S/C19H26BN3O6/c1-19(2,3)17(26)28-8-7-13(24)12-6-4-5-11-9-14(20-29-16(11)12)23-15(25)10-22-18(21)27/h4-6,14,20H,7-10H2,1-3H3,(H,23,25)(H3,21,22,27). The summed E-state index contributed by atoms with van der Waals surface area (Å²) in [5.41, 5.74) is 5.54. The van der Waals surface area contributed by atoms with Crippen LogP contribution in [0.2, 0.25) is 0 Å². The Balaban J connectivity index is 1.94. The van der Waals surface area contributed by atoms with Crippen LogP contribution < -0.4 is 21.0 Å². The van der Waals surface area contributed by atoms with Crippen LogP contribution in [0.25, 0.3) is 0 Å². The summed E-state index contributed by atoms with van der Waals surface area (Å²) in [6.45, 7) is 5.03. The molecule has 3 amide bonds. The maximum atomic E-state index is 12.6. The first-order valence-corrected chi connectivity index (χ1v) is 9.35. The number of ether oxygens (including phenoxy) is 1. The molecule has 0 fully saturated rings. The molecule has 1 unspecified atom stereocenters. The zero-order valence-electron chi connectivity index (χ0n) is 16.9. The fourth-order valence-corrected chi connectivity index (χ4v) is 2.77. The summed E-state index contributed by atoms with van der Waals surface area (Å²) >= 11 is 0. The number of fused-ring (bicyclic) bond motifs is 1. The van der Waals surface area contributed by atoms with Crippen LogP contribution in [-0.2, 0) is 20.7 Å². The number of hydrogen-bond donors (Lipinski definition) is 3. The Morgan fingerprint density at radius 3 is 2.66 bits per heavy atom. The maximum absolute atomic E-state index is 12.6. The third-order valence-corrected chi connectivity index (χ3v) is 4.26. The fourth-order valence-electron chi connectivity index (χ4n) is 2.77. The van der Waals surface area contributed by atoms with Gasteiger partial charge < -0.3 is 25.8 Å². The molecule has 1 aromatic rings. The molecule has 0 spiro atoms. The van der Waals surface area contributed by atoms with Gasteiger partial charge in [0.15, 0.2) is 5.78 Å². The van der Waals surface area contributed by atoms with Crippen LogP contribution in [0, 0.1) is 5.41 Å². The Labute approximate surface area is 170 Å². The molecule has 10 heteroatoms. The lowest BCUT2D eigenvalue weighted by Gasteiger charge is -2.26. The molecule has 156 valence electrons. The highest BCUT2D eigenvalue weighted by molar-refractivity contribution is 6.32. The summed E-state index contributed by atoms with van der Waals surface area (Å²) in [6, 6.07) is 4.46. The van der Waals surface area contributed by atoms with Gasteiger partial charge in [0.05, 0.1) is 24.1 Å². The van der Waals surface area contributed by atoms with Crippen molar-refractivity contribution in [2.75, 3.05) is 13.2 Å². The smallest absolute Gasteiger partial charge is 0.363 e. The highest BCUT2D eigenvalue weighted by atomic mass is 16.5. The van der Waals surface area contributed by atoms with Crippen LogP contribution in [0.3, 0.4) is 0 Å². The molecule has 1 heterocycles. The number of urea groups is 1. The van der Waals surface area contributed by atoms with Crippen LogP contribution >= 0.6 is 0 Å². The van der Waals surface area contributed by atoms with Gasteiger partial charge >= 0.3 is 19.5 Å². The number of carbonyl (C=O) groups excluding carboxylic acids is 4. The SMILES string of the molecule is CC(C)(C)C(=O)OCCC(=O)c1cccc2c1OBC(NC(=O)CNC(N)=O)C2. The van der Waals surface area contributed by atoms with E-state index < -0.39 is 11.4 Å². The van der Waals surface area contributed by atoms with Gasteiger partial charge in [-0.05, 0) is 38.8 Å². The number of primary amides is 1. The number of nitrogens with one attached hydrogen (secondary N) is 2. The Morgan fingerprint density at radius 1 is 1.28 bits per heavy atom. The molecule has 0 radical (unpaired) electrons. The van der Waals surface area contributed by atoms with E-state index in [4.69, 9.17) is 15.1 Å². The summed E-state index contributed by atoms with van der Waals surface area (Å²) in [5.74, 6) is -0.727. The third-order valence-electron chi connectivity index (χ3n) is 4.26. The third kappa shape index (κ3) is 6.51. The second-order valence-electron chi connectivity index (χ2n) is 7.85. The molecule has 0 saturated carbocycles. The van der Waals surface area contributed by atoms with Crippen molar-refractivity contribution >= 4 is 31.2 Å². The Morgan fingerprint density at radius 2 is 2.00 bits per heavy atom. The lowest BCUT2D eigenvalue weighted by atomic mass is 9.78. The predicted octanol–water partition coefficient (Wildman–Crippen LogP) is 0.246. The number of esters is 1. The van der Waals surface area contributed by atoms with Crippen LogP contribution in [-0.4, -0.2) is 50.3 Å². The summed E-state index contributed by atoms with van der Waals surface area (Å²) in [4.78, 5) is 46.8. The second kappa shape index (κ2) is 9.44. The van der Waals surface area contributed by atoms with E-state index in [9.17, 15) is 19.2 Å². The van der Waals surface area contributed by atoms with Crippen molar-refractivity contribution in [3.63, 3.8) is 0 Å². The van der Waals surface area contributed by atoms with Gasteiger partial charge in [0, 0.05) is 12.4 Å². The van der Waals surface area contributed by atoms with Gasteiger partial charge in [-0.1, -0.05) is 12.1 Å². The molecule has 2 rings (SSSR count). The molecule has 29 heavy (non-hydrogen) atoms. The van der Waals surface area contributed by atoms with Crippen molar-refractivity contribution < 1.29 is 28.6 Å². The van der Waals surface area contributed by atoms with Crippen molar-refractivity contribution in [1.82, 2.24) is 10.6 Å². The minimum Gasteiger partial charge on any atom is -0.561 e. The molecule has 1 atom stereocenters. The molecule has 0 aliphatic carbocycles. The summed E-state index contributed by atoms with van der Waals surface area (Å²) in [7, 11) is 0.193. The average molecular weight is 403 g/mol. The van der Waals surface area contributed by atoms with Crippen LogP contribution in [0.4, 0.5) is 4.79 Å². The van der Waals surface area contributed by atoms with Gasteiger partial charge in [-0.2, -0.15) is 0 Å². The number of Topliss-reactive ketones (excluding diaryl/α,β-unsaturated/α-hetero) is 1. The number of para-hydroxylation sites is 1. The number of ketones is 1. The van der Waals surface area contributed by atoms with E-state index in [0.29, 0.717) is 17.7 Å². The summed E-state index contributed by atoms with van der Waals surface area (Å²) in [6.07, 6.45) is 0.540. The number of benzene rings is 1. The van der Waals surface area contributed by atoms with E-state index in [-0.39, 0.29) is 50.7 Å². The normalized spacial score (nSPS) is 15.2. The zero-order valence-corrected chi connectivity index (χ0v) is 16.9. The first-order chi connectivity index (χ1) is 13.6. The molecule has 0 saturated heterocycles. The minimum absolute atomic E-state index is 0.00412. The van der Waals surface area contributed by atoms with E-state index in [0.717, 1.165) is 5.56 Å². The van der Waals surface area contributed by atoms with E-state index >= 15 is 0 Å². The molecule has 4 N–H and O–H groups in total. The number of carbonyl (C=O) groups is 4. The molecule has 9 nitrogen and oxygen atoms in total. The minimum atomic E-state index is -0.776. The van der Waals surface area contributed by atoms with Crippen molar-refractivity contribution in [3.8, 4) is 5.75 Å². The number of rotatable bonds is 7. The molecule has 0 bridgehead atoms. The van der Waals surface area contributed by atoms with Crippen LogP contribution in [0.15, 0.2) is 18.2 Å². The molecule has 1 aliphatic heterocycles. The Hall–Kier alpha value is -3.04. The van der Waals surface area contributed by atoms with Crippen LogP contribution in [0.1, 0.15) is 43.1 Å². The molecular weight excluding hydrogens is 377 g/mol.